The summed E-state index contributed by atoms with van der Waals surface area (Å²) >= 11 is 0. The van der Waals surface area contributed by atoms with Gasteiger partial charge in [-0.3, -0.25) is 0 Å². The summed E-state index contributed by atoms with van der Waals surface area (Å²) in [6.45, 7) is 14.9. The van der Waals surface area contributed by atoms with Crippen molar-refractivity contribution in [3.63, 3.8) is 0 Å². The molecular formula is C45H49BN2O2. The fraction of sp³-hybridized carbons (Fsp3) is 0.222. The summed E-state index contributed by atoms with van der Waals surface area (Å²) in [6, 6.07) is 45.7. The van der Waals surface area contributed by atoms with E-state index in [1.165, 1.54) is 27.5 Å². The van der Waals surface area contributed by atoms with Gasteiger partial charge in [-0.15, -0.1) is 0 Å². The third-order valence-electron chi connectivity index (χ3n) is 10.4. The summed E-state index contributed by atoms with van der Waals surface area (Å²) < 4.78 is 14.2. The first-order chi connectivity index (χ1) is 24.4. The summed E-state index contributed by atoms with van der Waals surface area (Å²) in [5.41, 5.74) is 9.91. The normalized spacial score (nSPS) is 14.0. The minimum Gasteiger partial charge on any atom is -0.439 e. The lowest BCUT2D eigenvalue weighted by molar-refractivity contribution is -0.674. The van der Waals surface area contributed by atoms with Gasteiger partial charge in [0.05, 0.1) is 17.9 Å². The highest BCUT2D eigenvalue weighted by Crippen LogP contribution is 2.39. The lowest BCUT2D eigenvalue weighted by Gasteiger charge is -2.48. The monoisotopic (exact) mass is 660 g/mol. The number of aromatic nitrogens is 1. The highest BCUT2D eigenvalue weighted by molar-refractivity contribution is 7.12. The first-order valence-electron chi connectivity index (χ1n) is 18.1. The van der Waals surface area contributed by atoms with E-state index in [1.807, 2.05) is 30.4 Å². The Morgan fingerprint density at radius 3 is 1.82 bits per heavy atom. The highest BCUT2D eigenvalue weighted by atomic mass is 16.5. The van der Waals surface area contributed by atoms with Gasteiger partial charge in [-0.25, -0.2) is 0 Å². The number of rotatable bonds is 9. The molecule has 0 radical (unpaired) electrons. The van der Waals surface area contributed by atoms with Gasteiger partial charge in [0.15, 0.2) is 5.75 Å². The van der Waals surface area contributed by atoms with Crippen molar-refractivity contribution in [2.45, 2.75) is 60.3 Å². The lowest BCUT2D eigenvalue weighted by atomic mass is 9.10. The summed E-state index contributed by atoms with van der Waals surface area (Å²) in [7, 11) is 0. The molecule has 1 aromatic heterocycles. The van der Waals surface area contributed by atoms with E-state index in [2.05, 4.69) is 166 Å². The molecule has 1 unspecified atom stereocenters. The molecule has 5 heteroatoms. The Morgan fingerprint density at radius 2 is 1.28 bits per heavy atom. The molecule has 7 rings (SSSR count). The number of nitrogens with zero attached hydrogens (tertiary/aromatic N) is 2. The maximum Gasteiger partial charge on any atom is 0.374 e. The molecule has 2 heterocycles. The van der Waals surface area contributed by atoms with Crippen LogP contribution in [0, 0.1) is 13.8 Å². The predicted octanol–water partition coefficient (Wildman–Crippen LogP) is 9.09. The SMILES string of the molecule is CCC(C)[B-](c1ccccc1)(c1ccccc1)c1ccccc1.CCN1/C(=C/C=C/c2oc3ccc(C)cc3[n+]2CC)Oc2ccc(C)cc21. The van der Waals surface area contributed by atoms with Crippen LogP contribution in [0.15, 0.2) is 150 Å². The van der Waals surface area contributed by atoms with E-state index in [4.69, 9.17) is 9.15 Å². The molecule has 1 aliphatic rings. The number of allylic oxidation sites excluding steroid dienone is 2. The zero-order valence-corrected chi connectivity index (χ0v) is 30.3. The summed E-state index contributed by atoms with van der Waals surface area (Å²) in [6.07, 6.45) is 6.17. The molecule has 0 saturated heterocycles. The van der Waals surface area contributed by atoms with Crippen molar-refractivity contribution in [1.82, 2.24) is 0 Å². The number of hydrogen-bond acceptors (Lipinski definition) is 3. The number of hydrogen-bond donors (Lipinski definition) is 0. The van der Waals surface area contributed by atoms with Crippen molar-refractivity contribution >= 4 is 45.4 Å². The molecule has 0 aliphatic carbocycles. The van der Waals surface area contributed by atoms with Crippen molar-refractivity contribution in [3.8, 4) is 5.75 Å². The van der Waals surface area contributed by atoms with Crippen LogP contribution in [-0.4, -0.2) is 12.7 Å². The van der Waals surface area contributed by atoms with Gasteiger partial charge in [0.2, 0.25) is 11.5 Å². The van der Waals surface area contributed by atoms with Gasteiger partial charge >= 0.3 is 5.89 Å². The Morgan fingerprint density at radius 1 is 0.720 bits per heavy atom. The standard InChI is InChI=1S/C23H25N2O2.C22H24B/c1-5-24-18-14-16(3)10-12-20(18)26-22(24)8-7-9-23-25(6-2)19-15-17(4)11-13-21(19)27-23;1-3-19(2)23(20-13-7-4-8-14-20,21-15-9-5-10-16-21)22-17-11-6-12-18-22/h7-15H,5-6H2,1-4H3;4-19H,3H2,1-2H3/q+1;-1. The number of ether oxygens (including phenoxy) is 1. The van der Waals surface area contributed by atoms with Gasteiger partial charge in [-0.05, 0) is 69.2 Å². The third kappa shape index (κ3) is 6.78. The average molecular weight is 661 g/mol. The van der Waals surface area contributed by atoms with E-state index < -0.39 is 6.15 Å². The van der Waals surface area contributed by atoms with Gasteiger partial charge in [-0.1, -0.05) is 123 Å². The zero-order chi connectivity index (χ0) is 35.1. The zero-order valence-electron chi connectivity index (χ0n) is 30.3. The Hall–Kier alpha value is -5.29. The molecule has 254 valence electrons. The average Bonchev–Trinajstić information content (AvgIpc) is 3.69. The van der Waals surface area contributed by atoms with E-state index in [9.17, 15) is 0 Å². The quantitative estimate of drug-likeness (QED) is 0.115. The number of anilines is 1. The van der Waals surface area contributed by atoms with Crippen LogP contribution in [-0.2, 0) is 6.54 Å². The lowest BCUT2D eigenvalue weighted by Crippen LogP contribution is -2.69. The van der Waals surface area contributed by atoms with Crippen molar-refractivity contribution in [2.24, 2.45) is 0 Å². The van der Waals surface area contributed by atoms with Gasteiger partial charge in [-0.2, -0.15) is 26.8 Å². The van der Waals surface area contributed by atoms with Crippen molar-refractivity contribution in [1.29, 1.82) is 0 Å². The smallest absolute Gasteiger partial charge is 0.374 e. The topological polar surface area (TPSA) is 29.5 Å². The minimum absolute atomic E-state index is 0.558. The van der Waals surface area contributed by atoms with E-state index in [1.54, 1.807) is 0 Å². The van der Waals surface area contributed by atoms with E-state index in [0.29, 0.717) is 5.82 Å². The maximum atomic E-state index is 6.03. The molecule has 1 atom stereocenters. The summed E-state index contributed by atoms with van der Waals surface area (Å²) in [5.74, 6) is 3.14. The van der Waals surface area contributed by atoms with Crippen LogP contribution >= 0.6 is 0 Å². The largest absolute Gasteiger partial charge is 0.439 e. The van der Waals surface area contributed by atoms with E-state index in [0.717, 1.165) is 53.8 Å². The van der Waals surface area contributed by atoms with E-state index in [-0.39, 0.29) is 0 Å². The molecule has 0 amide bonds. The number of fused-ring (bicyclic) bond motifs is 2. The first kappa shape index (κ1) is 34.6. The molecule has 0 N–H and O–H groups in total. The second kappa shape index (κ2) is 15.5. The summed E-state index contributed by atoms with van der Waals surface area (Å²) in [4.78, 5) is 2.18. The van der Waals surface area contributed by atoms with Crippen molar-refractivity contribution < 1.29 is 13.7 Å². The fourth-order valence-corrected chi connectivity index (χ4v) is 7.72. The van der Waals surface area contributed by atoms with Crippen LogP contribution < -0.4 is 30.6 Å². The van der Waals surface area contributed by atoms with Crippen molar-refractivity contribution in [2.75, 3.05) is 11.4 Å². The molecule has 50 heavy (non-hydrogen) atoms. The molecule has 0 fully saturated rings. The Bertz CT molecular complexity index is 1990. The Balaban J connectivity index is 0.000000175. The third-order valence-corrected chi connectivity index (χ3v) is 10.4. The Kier molecular flexibility index (Phi) is 10.7. The second-order valence-corrected chi connectivity index (χ2v) is 13.4. The molecule has 0 spiro atoms. The Labute approximate surface area is 298 Å². The maximum absolute atomic E-state index is 6.03. The minimum atomic E-state index is -0.974. The predicted molar refractivity (Wildman–Crippen MR) is 212 cm³/mol. The second-order valence-electron chi connectivity index (χ2n) is 13.4. The van der Waals surface area contributed by atoms with Crippen LogP contribution in [0.2, 0.25) is 5.82 Å². The molecule has 0 saturated carbocycles. The van der Waals surface area contributed by atoms with Gasteiger partial charge in [0.25, 0.3) is 5.52 Å². The molecule has 4 nitrogen and oxygen atoms in total. The number of benzene rings is 5. The van der Waals surface area contributed by atoms with Gasteiger partial charge < -0.3 is 14.1 Å². The number of oxazole rings is 1. The van der Waals surface area contributed by atoms with E-state index >= 15 is 0 Å². The molecule has 5 aromatic carbocycles. The number of aryl methyl sites for hydroxylation is 3. The van der Waals surface area contributed by atoms with Crippen LogP contribution in [0.3, 0.4) is 0 Å². The molecule has 6 aromatic rings. The van der Waals surface area contributed by atoms with Gasteiger partial charge in [0.1, 0.15) is 6.54 Å². The van der Waals surface area contributed by atoms with Crippen LogP contribution in [0.1, 0.15) is 51.1 Å². The molecule has 1 aliphatic heterocycles. The van der Waals surface area contributed by atoms with Crippen LogP contribution in [0.25, 0.3) is 17.2 Å². The van der Waals surface area contributed by atoms with Crippen molar-refractivity contribution in [3.05, 3.63) is 162 Å². The first-order valence-corrected chi connectivity index (χ1v) is 18.1. The molecule has 0 bridgehead atoms. The van der Waals surface area contributed by atoms with Gasteiger partial charge in [0, 0.05) is 12.6 Å². The summed E-state index contributed by atoms with van der Waals surface area (Å²) in [5, 5.41) is 0. The highest BCUT2D eigenvalue weighted by Gasteiger charge is 2.34. The fourth-order valence-electron chi connectivity index (χ4n) is 7.72. The van der Waals surface area contributed by atoms with Crippen LogP contribution in [0.5, 0.6) is 5.75 Å². The molecular weight excluding hydrogens is 611 g/mol. The van der Waals surface area contributed by atoms with Crippen LogP contribution in [0.4, 0.5) is 5.69 Å².